The maximum Gasteiger partial charge on any atom is 0.317 e. The lowest BCUT2D eigenvalue weighted by Crippen LogP contribution is -2.47. The van der Waals surface area contributed by atoms with Crippen LogP contribution in [0, 0.1) is 0 Å². The summed E-state index contributed by atoms with van der Waals surface area (Å²) in [6.45, 7) is 9.36. The van der Waals surface area contributed by atoms with Crippen molar-refractivity contribution < 1.29 is 18.7 Å². The lowest BCUT2D eigenvalue weighted by Gasteiger charge is -2.32. The zero-order valence-corrected chi connectivity index (χ0v) is 18.0. The van der Waals surface area contributed by atoms with Gasteiger partial charge in [-0.3, -0.25) is 9.59 Å². The first-order chi connectivity index (χ1) is 13.8. The molecule has 7 nitrogen and oxygen atoms in total. The number of carbonyl (C=O) groups excluding carboxylic acids is 2. The number of hydrogen-bond acceptors (Lipinski definition) is 7. The van der Waals surface area contributed by atoms with Crippen molar-refractivity contribution in [2.75, 3.05) is 5.75 Å². The molecule has 0 spiro atoms. The first-order valence-electron chi connectivity index (χ1n) is 9.56. The Hall–Kier alpha value is -2.61. The highest BCUT2D eigenvalue weighted by atomic mass is 32.2. The van der Waals surface area contributed by atoms with Gasteiger partial charge in [-0.05, 0) is 46.8 Å². The fourth-order valence-electron chi connectivity index (χ4n) is 3.33. The van der Waals surface area contributed by atoms with Crippen LogP contribution in [0.5, 0.6) is 0 Å². The Morgan fingerprint density at radius 2 is 1.79 bits per heavy atom. The number of furan rings is 1. The molecular formula is C21H25N3O4S. The van der Waals surface area contributed by atoms with Crippen molar-refractivity contribution in [3.8, 4) is 0 Å². The highest BCUT2D eigenvalue weighted by Crippen LogP contribution is 2.32. The Morgan fingerprint density at radius 3 is 2.48 bits per heavy atom. The molecule has 0 saturated carbocycles. The number of thioether (sulfide) groups is 1. The Kier molecular flexibility index (Phi) is 6.42. The molecule has 0 aliphatic rings. The zero-order chi connectivity index (χ0) is 21.1. The van der Waals surface area contributed by atoms with E-state index in [9.17, 15) is 9.59 Å². The number of benzene rings is 1. The molecule has 154 valence electrons. The zero-order valence-electron chi connectivity index (χ0n) is 17.2. The second-order valence-corrected chi connectivity index (χ2v) is 8.27. The van der Waals surface area contributed by atoms with Crippen LogP contribution in [0.3, 0.4) is 0 Å². The number of fused-ring (bicyclic) bond motifs is 3. The topological polar surface area (TPSA) is 85.5 Å². The van der Waals surface area contributed by atoms with Gasteiger partial charge < -0.3 is 14.1 Å². The lowest BCUT2D eigenvalue weighted by atomic mass is 10.2. The predicted molar refractivity (Wildman–Crippen MR) is 113 cm³/mol. The second kappa shape index (κ2) is 8.82. The summed E-state index contributed by atoms with van der Waals surface area (Å²) in [6.07, 6.45) is 0.609. The van der Waals surface area contributed by atoms with Gasteiger partial charge in [-0.25, -0.2) is 9.97 Å². The van der Waals surface area contributed by atoms with Gasteiger partial charge in [0.1, 0.15) is 22.5 Å². The summed E-state index contributed by atoms with van der Waals surface area (Å²) in [7, 11) is 0. The van der Waals surface area contributed by atoms with E-state index < -0.39 is 12.1 Å². The van der Waals surface area contributed by atoms with E-state index in [1.165, 1.54) is 18.1 Å². The van der Waals surface area contributed by atoms with Crippen LogP contribution < -0.4 is 0 Å². The number of nitrogens with zero attached hydrogens (tertiary/aromatic N) is 3. The normalized spacial score (nSPS) is 12.7. The second-order valence-electron chi connectivity index (χ2n) is 7.31. The van der Waals surface area contributed by atoms with Crippen LogP contribution in [0.1, 0.15) is 34.6 Å². The third-order valence-corrected chi connectivity index (χ3v) is 5.42. The van der Waals surface area contributed by atoms with Crippen molar-refractivity contribution in [3.63, 3.8) is 0 Å². The van der Waals surface area contributed by atoms with Crippen molar-refractivity contribution >= 4 is 45.7 Å². The number of ether oxygens (including phenoxy) is 1. The molecule has 0 unspecified atom stereocenters. The maximum absolute atomic E-state index is 12.6. The van der Waals surface area contributed by atoms with Crippen LogP contribution in [0.4, 0.5) is 0 Å². The van der Waals surface area contributed by atoms with Gasteiger partial charge in [0, 0.05) is 17.5 Å². The number of carbonyl (C=O) groups is 2. The van der Waals surface area contributed by atoms with Crippen LogP contribution in [-0.2, 0) is 14.3 Å². The number of hydrogen-bond donors (Lipinski definition) is 0. The maximum atomic E-state index is 12.6. The van der Waals surface area contributed by atoms with E-state index in [1.807, 2.05) is 52.0 Å². The van der Waals surface area contributed by atoms with Crippen molar-refractivity contribution in [2.24, 2.45) is 0 Å². The number of aromatic nitrogens is 2. The summed E-state index contributed by atoms with van der Waals surface area (Å²) in [5.41, 5.74) is 1.97. The molecule has 0 N–H and O–H groups in total. The van der Waals surface area contributed by atoms with E-state index in [2.05, 4.69) is 9.97 Å². The van der Waals surface area contributed by atoms with Gasteiger partial charge in [0.2, 0.25) is 0 Å². The highest BCUT2D eigenvalue weighted by molar-refractivity contribution is 8.00. The van der Waals surface area contributed by atoms with Crippen LogP contribution in [0.2, 0.25) is 0 Å². The third kappa shape index (κ3) is 4.53. The quantitative estimate of drug-likeness (QED) is 0.327. The number of amides is 1. The summed E-state index contributed by atoms with van der Waals surface area (Å²) in [5.74, 6) is -0.661. The monoisotopic (exact) mass is 415 g/mol. The van der Waals surface area contributed by atoms with E-state index in [0.29, 0.717) is 21.7 Å². The minimum atomic E-state index is -0.843. The first kappa shape index (κ1) is 21.1. The molecule has 0 aliphatic heterocycles. The molecule has 0 aliphatic carbocycles. The molecule has 0 bridgehead atoms. The van der Waals surface area contributed by atoms with Crippen molar-refractivity contribution in [1.29, 1.82) is 0 Å². The minimum Gasteiger partial charge on any atom is -0.452 e. The first-order valence-corrected chi connectivity index (χ1v) is 10.5. The van der Waals surface area contributed by atoms with Gasteiger partial charge in [-0.2, -0.15) is 0 Å². The summed E-state index contributed by atoms with van der Waals surface area (Å²) < 4.78 is 11.2. The predicted octanol–water partition coefficient (Wildman–Crippen LogP) is 4.05. The van der Waals surface area contributed by atoms with E-state index in [0.717, 1.165) is 5.39 Å². The molecular weight excluding hydrogens is 390 g/mol. The average molecular weight is 416 g/mol. The SMILES string of the molecule is CC(C)N(C(=O)[C@H](C)OC(=O)CSc1ncnc2c1oc1ccccc12)C(C)C. The van der Waals surface area contributed by atoms with Gasteiger partial charge in [0.15, 0.2) is 11.7 Å². The van der Waals surface area contributed by atoms with E-state index >= 15 is 0 Å². The van der Waals surface area contributed by atoms with Crippen LogP contribution in [0.15, 0.2) is 40.0 Å². The van der Waals surface area contributed by atoms with E-state index in [-0.39, 0.29) is 23.7 Å². The van der Waals surface area contributed by atoms with Crippen molar-refractivity contribution in [2.45, 2.75) is 57.8 Å². The molecule has 0 radical (unpaired) electrons. The van der Waals surface area contributed by atoms with Crippen LogP contribution >= 0.6 is 11.8 Å². The Bertz CT molecular complexity index is 1020. The molecule has 0 fully saturated rings. The summed E-state index contributed by atoms with van der Waals surface area (Å²) in [4.78, 5) is 35.2. The van der Waals surface area contributed by atoms with Gasteiger partial charge in [0.25, 0.3) is 5.91 Å². The Labute approximate surface area is 173 Å². The number of para-hydroxylation sites is 1. The standard InChI is InChI=1S/C21H25N3O4S/c1-12(2)24(13(3)4)21(26)14(5)27-17(25)10-29-20-19-18(22-11-23-20)15-8-6-7-9-16(15)28-19/h6-9,11-14H,10H2,1-5H3/t14-/m0/s1. The number of rotatable bonds is 7. The summed E-state index contributed by atoms with van der Waals surface area (Å²) in [6, 6.07) is 7.65. The molecule has 3 rings (SSSR count). The van der Waals surface area contributed by atoms with E-state index in [4.69, 9.17) is 9.15 Å². The number of esters is 1. The lowest BCUT2D eigenvalue weighted by molar-refractivity contribution is -0.159. The van der Waals surface area contributed by atoms with Crippen molar-refractivity contribution in [3.05, 3.63) is 30.6 Å². The minimum absolute atomic E-state index is 0.0180. The van der Waals surface area contributed by atoms with E-state index in [1.54, 1.807) is 11.8 Å². The molecule has 1 aromatic carbocycles. The Balaban J connectivity index is 1.67. The highest BCUT2D eigenvalue weighted by Gasteiger charge is 2.27. The fourth-order valence-corrected chi connectivity index (χ4v) is 4.04. The van der Waals surface area contributed by atoms with Gasteiger partial charge >= 0.3 is 5.97 Å². The fraction of sp³-hybridized carbons (Fsp3) is 0.429. The summed E-state index contributed by atoms with van der Waals surface area (Å²) >= 11 is 1.20. The molecule has 3 aromatic rings. The van der Waals surface area contributed by atoms with Crippen LogP contribution in [-0.4, -0.2) is 50.7 Å². The average Bonchev–Trinajstić information content (AvgIpc) is 3.05. The molecule has 8 heteroatoms. The molecule has 1 atom stereocenters. The van der Waals surface area contributed by atoms with Gasteiger partial charge in [-0.15, -0.1) is 0 Å². The molecule has 0 saturated heterocycles. The van der Waals surface area contributed by atoms with Gasteiger partial charge in [-0.1, -0.05) is 23.9 Å². The molecule has 2 aromatic heterocycles. The summed E-state index contributed by atoms with van der Waals surface area (Å²) in [5, 5.41) is 1.46. The molecule has 1 amide bonds. The van der Waals surface area contributed by atoms with Gasteiger partial charge in [0.05, 0.1) is 5.75 Å². The largest absolute Gasteiger partial charge is 0.452 e. The Morgan fingerprint density at radius 1 is 1.10 bits per heavy atom. The molecule has 2 heterocycles. The molecule has 29 heavy (non-hydrogen) atoms. The van der Waals surface area contributed by atoms with Crippen molar-refractivity contribution in [1.82, 2.24) is 14.9 Å². The van der Waals surface area contributed by atoms with Crippen LogP contribution in [0.25, 0.3) is 22.1 Å². The smallest absolute Gasteiger partial charge is 0.317 e. The third-order valence-electron chi connectivity index (χ3n) is 4.48.